The maximum Gasteiger partial charge on any atom is 0.303 e. The first kappa shape index (κ1) is 26.2. The van der Waals surface area contributed by atoms with E-state index in [1.807, 2.05) is 32.1 Å². The van der Waals surface area contributed by atoms with Gasteiger partial charge >= 0.3 is 5.97 Å². The van der Waals surface area contributed by atoms with Gasteiger partial charge < -0.3 is 20.6 Å². The Hall–Kier alpha value is -4.04. The SMILES string of the molecule is CCC1=C(C)C2=NC1=CC1=C(C)C3=C(O)CC(=C4NC(=CC5=NC(=C2)C(CO)=C5C)[C@@H](C)[C@@H]4CCC(=O)O)C3=N1. The summed E-state index contributed by atoms with van der Waals surface area (Å²) in [4.78, 5) is 26.5. The Labute approximate surface area is 233 Å². The number of aliphatic hydroxyl groups excluding tert-OH is 2. The summed E-state index contributed by atoms with van der Waals surface area (Å²) >= 11 is 0. The Morgan fingerprint density at radius 3 is 2.35 bits per heavy atom. The van der Waals surface area contributed by atoms with Crippen molar-refractivity contribution in [3.05, 3.63) is 91.5 Å². The third kappa shape index (κ3) is 3.92. The van der Waals surface area contributed by atoms with Crippen molar-refractivity contribution < 1.29 is 20.1 Å². The highest BCUT2D eigenvalue weighted by Crippen LogP contribution is 2.46. The van der Waals surface area contributed by atoms with Crippen LogP contribution in [-0.2, 0) is 4.79 Å². The maximum atomic E-state index is 11.6. The van der Waals surface area contributed by atoms with Crippen LogP contribution in [0.25, 0.3) is 0 Å². The molecule has 4 N–H and O–H groups in total. The van der Waals surface area contributed by atoms with Crippen LogP contribution in [0.2, 0.25) is 0 Å². The number of carboxylic acid groups (broad SMARTS) is 1. The highest BCUT2D eigenvalue weighted by atomic mass is 16.4. The van der Waals surface area contributed by atoms with Crippen LogP contribution in [-0.4, -0.2) is 45.0 Å². The van der Waals surface area contributed by atoms with E-state index in [1.54, 1.807) is 0 Å². The molecule has 206 valence electrons. The summed E-state index contributed by atoms with van der Waals surface area (Å²) < 4.78 is 0. The summed E-state index contributed by atoms with van der Waals surface area (Å²) in [5.41, 5.74) is 13.0. The van der Waals surface area contributed by atoms with Crippen LogP contribution < -0.4 is 5.32 Å². The number of rotatable bonds is 5. The Bertz CT molecular complexity index is 1630. The van der Waals surface area contributed by atoms with E-state index in [4.69, 9.17) is 15.0 Å². The van der Waals surface area contributed by atoms with E-state index in [2.05, 4.69) is 26.1 Å². The normalized spacial score (nSPS) is 25.4. The fourth-order valence-corrected chi connectivity index (χ4v) is 6.64. The monoisotopic (exact) mass is 538 g/mol. The molecule has 40 heavy (non-hydrogen) atoms. The van der Waals surface area contributed by atoms with E-state index in [1.165, 1.54) is 0 Å². The summed E-state index contributed by atoms with van der Waals surface area (Å²) in [5, 5.41) is 34.5. The lowest BCUT2D eigenvalue weighted by Crippen LogP contribution is -2.15. The van der Waals surface area contributed by atoms with Gasteiger partial charge in [0.1, 0.15) is 5.76 Å². The lowest BCUT2D eigenvalue weighted by atomic mass is 9.86. The van der Waals surface area contributed by atoms with Crippen LogP contribution in [0.3, 0.4) is 0 Å². The van der Waals surface area contributed by atoms with Gasteiger partial charge in [0.25, 0.3) is 0 Å². The maximum absolute atomic E-state index is 11.6. The van der Waals surface area contributed by atoms with Crippen molar-refractivity contribution in [3.8, 4) is 0 Å². The average Bonchev–Trinajstić information content (AvgIpc) is 3.65. The molecule has 8 bridgehead atoms. The van der Waals surface area contributed by atoms with Crippen LogP contribution in [0.5, 0.6) is 0 Å². The van der Waals surface area contributed by atoms with Gasteiger partial charge in [-0.05, 0) is 74.1 Å². The first-order chi connectivity index (χ1) is 19.1. The van der Waals surface area contributed by atoms with Gasteiger partial charge in [-0.1, -0.05) is 13.8 Å². The molecule has 5 aliphatic heterocycles. The molecule has 1 saturated heterocycles. The Kier molecular flexibility index (Phi) is 6.26. The van der Waals surface area contributed by atoms with Crippen molar-refractivity contribution in [2.75, 3.05) is 6.61 Å². The van der Waals surface area contributed by atoms with E-state index in [0.717, 1.165) is 85.4 Å². The molecule has 0 radical (unpaired) electrons. The van der Waals surface area contributed by atoms with Crippen molar-refractivity contribution in [1.82, 2.24) is 5.32 Å². The molecule has 0 aromatic rings. The summed E-state index contributed by atoms with van der Waals surface area (Å²) in [6.45, 7) is 10.1. The van der Waals surface area contributed by atoms with Crippen LogP contribution in [0, 0.1) is 11.8 Å². The molecule has 6 aliphatic rings. The molecule has 6 rings (SSSR count). The third-order valence-electron chi connectivity index (χ3n) is 9.01. The van der Waals surface area contributed by atoms with Gasteiger partial charge in [0.15, 0.2) is 0 Å². The van der Waals surface area contributed by atoms with E-state index < -0.39 is 5.97 Å². The summed E-state index contributed by atoms with van der Waals surface area (Å²) in [6, 6.07) is 0. The number of allylic oxidation sites excluding steroid dienone is 11. The predicted molar refractivity (Wildman–Crippen MR) is 156 cm³/mol. The van der Waals surface area contributed by atoms with Gasteiger partial charge in [-0.2, -0.15) is 0 Å². The molecular weight excluding hydrogens is 504 g/mol. The molecule has 5 heterocycles. The fourth-order valence-electron chi connectivity index (χ4n) is 6.64. The first-order valence-corrected chi connectivity index (χ1v) is 13.9. The Morgan fingerprint density at radius 2 is 1.68 bits per heavy atom. The summed E-state index contributed by atoms with van der Waals surface area (Å²) in [7, 11) is 0. The fraction of sp³-hybridized carbons (Fsp3) is 0.375. The predicted octanol–water partition coefficient (Wildman–Crippen LogP) is 5.52. The van der Waals surface area contributed by atoms with Crippen molar-refractivity contribution in [3.63, 3.8) is 0 Å². The minimum absolute atomic E-state index is 0.000146. The topological polar surface area (TPSA) is 127 Å². The zero-order chi connectivity index (χ0) is 28.5. The number of aliphatic imine (C=N–C) groups is 3. The van der Waals surface area contributed by atoms with Crippen LogP contribution in [0.4, 0.5) is 0 Å². The molecule has 2 atom stereocenters. The molecule has 0 aromatic carbocycles. The number of carboxylic acids is 1. The highest BCUT2D eigenvalue weighted by Gasteiger charge is 2.41. The van der Waals surface area contributed by atoms with Crippen LogP contribution >= 0.6 is 0 Å². The molecule has 0 spiro atoms. The smallest absolute Gasteiger partial charge is 0.303 e. The van der Waals surface area contributed by atoms with Gasteiger partial charge in [-0.15, -0.1) is 0 Å². The van der Waals surface area contributed by atoms with Gasteiger partial charge in [0.05, 0.1) is 40.8 Å². The van der Waals surface area contributed by atoms with Gasteiger partial charge in [0, 0.05) is 52.8 Å². The second-order valence-electron chi connectivity index (χ2n) is 11.2. The van der Waals surface area contributed by atoms with E-state index in [0.29, 0.717) is 18.5 Å². The van der Waals surface area contributed by atoms with E-state index in [9.17, 15) is 20.1 Å². The van der Waals surface area contributed by atoms with E-state index >= 15 is 0 Å². The standard InChI is InChI=1S/C32H34N4O4/c1-6-18-14(2)23-11-27-21(13-37)16(4)22(34-27)10-24-15(3)19(7-8-29(39)40)31(35-24)20-9-28(38)30-17(5)25(36-32(20)30)12-26(18)33-23/h10-12,15,19,35,37-38H,6-9,13H2,1-5H3,(H,39,40)/t15-,19-/m0/s1. The minimum atomic E-state index is -0.835. The number of nitrogens with one attached hydrogen (secondary N) is 1. The molecule has 8 heteroatoms. The van der Waals surface area contributed by atoms with Crippen LogP contribution in [0.1, 0.15) is 60.3 Å². The number of hydrogen-bond acceptors (Lipinski definition) is 7. The molecule has 0 unspecified atom stereocenters. The average molecular weight is 539 g/mol. The number of aliphatic hydroxyl groups is 2. The lowest BCUT2D eigenvalue weighted by molar-refractivity contribution is -0.137. The molecule has 1 aliphatic carbocycles. The highest BCUT2D eigenvalue weighted by molar-refractivity contribution is 6.21. The number of aliphatic carboxylic acids is 1. The molecule has 0 saturated carbocycles. The van der Waals surface area contributed by atoms with Crippen LogP contribution in [0.15, 0.2) is 106 Å². The lowest BCUT2D eigenvalue weighted by Gasteiger charge is -2.17. The minimum Gasteiger partial charge on any atom is -0.511 e. The molecular formula is C32H34N4O4. The Morgan fingerprint density at radius 1 is 1.00 bits per heavy atom. The van der Waals surface area contributed by atoms with Gasteiger partial charge in [0.2, 0.25) is 0 Å². The number of carbonyl (C=O) groups is 1. The summed E-state index contributed by atoms with van der Waals surface area (Å²) in [5.74, 6) is -0.629. The third-order valence-corrected chi connectivity index (χ3v) is 9.01. The quantitative estimate of drug-likeness (QED) is 0.367. The Balaban J connectivity index is 1.61. The molecule has 0 aromatic heterocycles. The molecule has 8 nitrogen and oxygen atoms in total. The van der Waals surface area contributed by atoms with Gasteiger partial charge in [-0.3, -0.25) is 4.79 Å². The van der Waals surface area contributed by atoms with Crippen molar-refractivity contribution in [1.29, 1.82) is 0 Å². The zero-order valence-electron chi connectivity index (χ0n) is 23.5. The van der Waals surface area contributed by atoms with E-state index in [-0.39, 0.29) is 30.6 Å². The number of fused-ring (bicyclic) bond motifs is 5. The number of nitrogens with zero attached hydrogens (tertiary/aromatic N) is 3. The van der Waals surface area contributed by atoms with Crippen molar-refractivity contribution >= 4 is 23.1 Å². The number of hydrogen-bond donors (Lipinski definition) is 4. The molecule has 0 amide bonds. The largest absolute Gasteiger partial charge is 0.511 e. The summed E-state index contributed by atoms with van der Waals surface area (Å²) in [6.07, 6.45) is 7.62. The van der Waals surface area contributed by atoms with Gasteiger partial charge in [-0.25, -0.2) is 15.0 Å². The second kappa shape index (κ2) is 9.55. The van der Waals surface area contributed by atoms with Crippen molar-refractivity contribution in [2.24, 2.45) is 26.8 Å². The zero-order valence-corrected chi connectivity index (χ0v) is 23.5. The first-order valence-electron chi connectivity index (χ1n) is 13.9. The molecule has 1 fully saturated rings. The van der Waals surface area contributed by atoms with Crippen molar-refractivity contribution in [2.45, 2.75) is 60.3 Å². The second-order valence-corrected chi connectivity index (χ2v) is 11.2.